The molecule has 16 heavy (non-hydrogen) atoms. The monoisotopic (exact) mass is 283 g/mol. The van der Waals surface area contributed by atoms with Gasteiger partial charge in [-0.1, -0.05) is 0 Å². The highest BCUT2D eigenvalue weighted by atomic mass is 79.9. The minimum absolute atomic E-state index is 0.0776. The average molecular weight is 284 g/mol. The van der Waals surface area contributed by atoms with Crippen molar-refractivity contribution in [1.82, 2.24) is 10.3 Å². The van der Waals surface area contributed by atoms with Gasteiger partial charge < -0.3 is 10.6 Å². The van der Waals surface area contributed by atoms with Crippen LogP contribution in [0.2, 0.25) is 0 Å². The molecule has 0 bridgehead atoms. The number of nitrogens with zero attached hydrogens (tertiary/aromatic N) is 1. The van der Waals surface area contributed by atoms with Crippen molar-refractivity contribution in [2.45, 2.75) is 12.8 Å². The van der Waals surface area contributed by atoms with E-state index in [2.05, 4.69) is 31.5 Å². The van der Waals surface area contributed by atoms with E-state index in [1.54, 1.807) is 18.5 Å². The van der Waals surface area contributed by atoms with Gasteiger partial charge in [0.25, 0.3) is 0 Å². The maximum atomic E-state index is 11.9. The quantitative estimate of drug-likeness (QED) is 0.870. The van der Waals surface area contributed by atoms with E-state index in [0.717, 1.165) is 36.1 Å². The number of pyridine rings is 1. The molecule has 1 atom stereocenters. The molecule has 0 spiro atoms. The van der Waals surface area contributed by atoms with Crippen molar-refractivity contribution >= 4 is 27.5 Å². The van der Waals surface area contributed by atoms with Gasteiger partial charge in [0.2, 0.25) is 5.91 Å². The first-order valence-electron chi connectivity index (χ1n) is 5.38. The zero-order valence-corrected chi connectivity index (χ0v) is 10.5. The Hall–Kier alpha value is -0.940. The minimum atomic E-state index is 0.0776. The van der Waals surface area contributed by atoms with Gasteiger partial charge in [-0.2, -0.15) is 0 Å². The van der Waals surface area contributed by atoms with Crippen molar-refractivity contribution in [3.05, 3.63) is 22.9 Å². The SMILES string of the molecule is O=C(Nc1ccncc1Br)[C@@H]1CCCNC1. The number of rotatable bonds is 2. The van der Waals surface area contributed by atoms with Gasteiger partial charge in [0.1, 0.15) is 0 Å². The Kier molecular flexibility index (Phi) is 3.90. The summed E-state index contributed by atoms with van der Waals surface area (Å²) in [5, 5.41) is 6.15. The molecule has 1 saturated heterocycles. The predicted octanol–water partition coefficient (Wildman–Crippen LogP) is 1.78. The number of carbonyl (C=O) groups is 1. The summed E-state index contributed by atoms with van der Waals surface area (Å²) in [6, 6.07) is 1.79. The van der Waals surface area contributed by atoms with E-state index in [1.165, 1.54) is 0 Å². The van der Waals surface area contributed by atoms with Gasteiger partial charge in [0, 0.05) is 18.9 Å². The van der Waals surface area contributed by atoms with E-state index < -0.39 is 0 Å². The second-order valence-electron chi connectivity index (χ2n) is 3.89. The number of halogens is 1. The van der Waals surface area contributed by atoms with Crippen LogP contribution in [0.15, 0.2) is 22.9 Å². The Balaban J connectivity index is 1.99. The molecule has 2 heterocycles. The first-order valence-corrected chi connectivity index (χ1v) is 6.18. The van der Waals surface area contributed by atoms with E-state index in [1.807, 2.05) is 0 Å². The largest absolute Gasteiger partial charge is 0.325 e. The number of piperidine rings is 1. The number of nitrogens with one attached hydrogen (secondary N) is 2. The summed E-state index contributed by atoms with van der Waals surface area (Å²) < 4.78 is 0.812. The van der Waals surface area contributed by atoms with Crippen LogP contribution in [0.3, 0.4) is 0 Å². The summed E-state index contributed by atoms with van der Waals surface area (Å²) in [4.78, 5) is 15.9. The molecular formula is C11H14BrN3O. The van der Waals surface area contributed by atoms with Crippen LogP contribution in [-0.4, -0.2) is 24.0 Å². The lowest BCUT2D eigenvalue weighted by Gasteiger charge is -2.22. The summed E-state index contributed by atoms with van der Waals surface area (Å²) in [7, 11) is 0. The van der Waals surface area contributed by atoms with Crippen molar-refractivity contribution in [2.75, 3.05) is 18.4 Å². The van der Waals surface area contributed by atoms with Crippen LogP contribution in [-0.2, 0) is 4.79 Å². The van der Waals surface area contributed by atoms with Crippen LogP contribution < -0.4 is 10.6 Å². The molecule has 4 nitrogen and oxygen atoms in total. The molecule has 5 heteroatoms. The molecule has 1 aromatic heterocycles. The third-order valence-electron chi connectivity index (χ3n) is 2.70. The molecule has 0 aromatic carbocycles. The van der Waals surface area contributed by atoms with Crippen molar-refractivity contribution in [1.29, 1.82) is 0 Å². The smallest absolute Gasteiger partial charge is 0.228 e. The highest BCUT2D eigenvalue weighted by Crippen LogP contribution is 2.21. The van der Waals surface area contributed by atoms with Crippen molar-refractivity contribution in [2.24, 2.45) is 5.92 Å². The maximum Gasteiger partial charge on any atom is 0.228 e. The standard InChI is InChI=1S/C11H14BrN3O/c12-9-7-14-5-3-10(9)15-11(16)8-2-1-4-13-6-8/h3,5,7-8,13H,1-2,4,6H2,(H,14,15,16)/t8-/m1/s1. The highest BCUT2D eigenvalue weighted by molar-refractivity contribution is 9.10. The topological polar surface area (TPSA) is 54.0 Å². The molecule has 86 valence electrons. The first-order chi connectivity index (χ1) is 7.77. The van der Waals surface area contributed by atoms with Gasteiger partial charge in [-0.25, -0.2) is 0 Å². The summed E-state index contributed by atoms with van der Waals surface area (Å²) in [6.45, 7) is 1.79. The van der Waals surface area contributed by atoms with Gasteiger partial charge in [0.15, 0.2) is 0 Å². The lowest BCUT2D eigenvalue weighted by molar-refractivity contribution is -0.120. The molecule has 1 amide bonds. The number of carbonyl (C=O) groups excluding carboxylic acids is 1. The zero-order chi connectivity index (χ0) is 11.4. The third kappa shape index (κ3) is 2.80. The number of aromatic nitrogens is 1. The second-order valence-corrected chi connectivity index (χ2v) is 4.74. The fraction of sp³-hybridized carbons (Fsp3) is 0.455. The van der Waals surface area contributed by atoms with E-state index >= 15 is 0 Å². The van der Waals surface area contributed by atoms with Crippen molar-refractivity contribution in [3.8, 4) is 0 Å². The normalized spacial score (nSPS) is 20.4. The van der Waals surface area contributed by atoms with Crippen LogP contribution in [0.4, 0.5) is 5.69 Å². The molecular weight excluding hydrogens is 270 g/mol. The number of amides is 1. The van der Waals surface area contributed by atoms with Gasteiger partial charge in [-0.3, -0.25) is 9.78 Å². The fourth-order valence-electron chi connectivity index (χ4n) is 1.79. The minimum Gasteiger partial charge on any atom is -0.325 e. The Labute approximate surface area is 103 Å². The summed E-state index contributed by atoms with van der Waals surface area (Å²) >= 11 is 3.36. The maximum absolute atomic E-state index is 11.9. The van der Waals surface area contributed by atoms with Gasteiger partial charge in [-0.15, -0.1) is 0 Å². The predicted molar refractivity (Wildman–Crippen MR) is 66.2 cm³/mol. The number of hydrogen-bond donors (Lipinski definition) is 2. The molecule has 1 fully saturated rings. The molecule has 0 radical (unpaired) electrons. The highest BCUT2D eigenvalue weighted by Gasteiger charge is 2.21. The Morgan fingerprint density at radius 1 is 1.62 bits per heavy atom. The van der Waals surface area contributed by atoms with E-state index in [-0.39, 0.29) is 11.8 Å². The molecule has 2 rings (SSSR count). The molecule has 0 aliphatic carbocycles. The number of anilines is 1. The second kappa shape index (κ2) is 5.41. The Morgan fingerprint density at radius 2 is 2.50 bits per heavy atom. The summed E-state index contributed by atoms with van der Waals surface area (Å²) in [5.41, 5.74) is 0.783. The lowest BCUT2D eigenvalue weighted by atomic mass is 9.99. The van der Waals surface area contributed by atoms with Crippen LogP contribution in [0.25, 0.3) is 0 Å². The Morgan fingerprint density at radius 3 is 3.19 bits per heavy atom. The van der Waals surface area contributed by atoms with Crippen LogP contribution in [0.1, 0.15) is 12.8 Å². The third-order valence-corrected chi connectivity index (χ3v) is 3.33. The van der Waals surface area contributed by atoms with Crippen LogP contribution >= 0.6 is 15.9 Å². The number of hydrogen-bond acceptors (Lipinski definition) is 3. The molecule has 1 aliphatic heterocycles. The molecule has 0 unspecified atom stereocenters. The fourth-order valence-corrected chi connectivity index (χ4v) is 2.14. The van der Waals surface area contributed by atoms with Gasteiger partial charge in [-0.05, 0) is 41.4 Å². The molecule has 0 saturated carbocycles. The van der Waals surface area contributed by atoms with Crippen molar-refractivity contribution < 1.29 is 4.79 Å². The van der Waals surface area contributed by atoms with Crippen LogP contribution in [0, 0.1) is 5.92 Å². The summed E-state index contributed by atoms with van der Waals surface area (Å²) in [6.07, 6.45) is 5.37. The molecule has 2 N–H and O–H groups in total. The molecule has 1 aromatic rings. The first kappa shape index (κ1) is 11.5. The molecule has 1 aliphatic rings. The average Bonchev–Trinajstić information content (AvgIpc) is 2.33. The van der Waals surface area contributed by atoms with Gasteiger partial charge >= 0.3 is 0 Å². The van der Waals surface area contributed by atoms with E-state index in [0.29, 0.717) is 0 Å². The lowest BCUT2D eigenvalue weighted by Crippen LogP contribution is -2.37. The van der Waals surface area contributed by atoms with E-state index in [9.17, 15) is 4.79 Å². The van der Waals surface area contributed by atoms with Crippen molar-refractivity contribution in [3.63, 3.8) is 0 Å². The van der Waals surface area contributed by atoms with Gasteiger partial charge in [0.05, 0.1) is 16.1 Å². The Bertz CT molecular complexity index is 377. The van der Waals surface area contributed by atoms with Crippen LogP contribution in [0.5, 0.6) is 0 Å². The summed E-state index contributed by atoms with van der Waals surface area (Å²) in [5.74, 6) is 0.160. The zero-order valence-electron chi connectivity index (χ0n) is 8.87. The van der Waals surface area contributed by atoms with E-state index in [4.69, 9.17) is 0 Å².